The summed E-state index contributed by atoms with van der Waals surface area (Å²) in [6, 6.07) is -0.629. The molecule has 4 bridgehead atoms. The lowest BCUT2D eigenvalue weighted by Crippen LogP contribution is -2.58. The number of aliphatic hydroxyl groups is 4. The maximum absolute atomic E-state index is 14.4. The highest BCUT2D eigenvalue weighted by atomic mass is 16.8. The van der Waals surface area contributed by atoms with Gasteiger partial charge in [0.05, 0.1) is 111 Å². The van der Waals surface area contributed by atoms with Crippen LogP contribution in [0.3, 0.4) is 0 Å². The van der Waals surface area contributed by atoms with Crippen LogP contribution in [-0.4, -0.2) is 280 Å². The van der Waals surface area contributed by atoms with Crippen molar-refractivity contribution in [1.82, 2.24) is 10.6 Å². The number of rotatable bonds is 17. The Hall–Kier alpha value is -5.60. The molecule has 0 aromatic rings. The fourth-order valence-electron chi connectivity index (χ4n) is 21.9. The zero-order valence-corrected chi connectivity index (χ0v) is 79.6. The van der Waals surface area contributed by atoms with Gasteiger partial charge in [-0.2, -0.15) is 0 Å². The Morgan fingerprint density at radius 1 is 0.481 bits per heavy atom. The molecule has 12 aliphatic heterocycles. The van der Waals surface area contributed by atoms with E-state index in [-0.39, 0.29) is 122 Å². The maximum Gasteiger partial charge on any atom is 0.316 e. The molecule has 722 valence electrons. The van der Waals surface area contributed by atoms with Crippen LogP contribution >= 0.6 is 0 Å². The number of aliphatic hydroxyl groups excluding tert-OH is 2. The first kappa shape index (κ1) is 101. The molecule has 30 nitrogen and oxygen atoms in total. The second-order valence-electron chi connectivity index (χ2n) is 39.2. The van der Waals surface area contributed by atoms with Crippen molar-refractivity contribution in [2.45, 2.75) is 390 Å². The average Bonchev–Trinajstić information content (AvgIpc) is 1.60. The Morgan fingerprint density at radius 2 is 0.853 bits per heavy atom. The van der Waals surface area contributed by atoms with Crippen molar-refractivity contribution in [2.75, 3.05) is 41.7 Å². The van der Waals surface area contributed by atoms with Crippen LogP contribution in [0.1, 0.15) is 195 Å². The lowest BCUT2D eigenvalue weighted by atomic mass is 9.71. The summed E-state index contributed by atoms with van der Waals surface area (Å²) in [5.41, 5.74) is 0.228. The number of fused-ring (bicyclic) bond motifs is 4. The van der Waals surface area contributed by atoms with Crippen molar-refractivity contribution in [3.8, 4) is 0 Å². The van der Waals surface area contributed by atoms with Gasteiger partial charge in [0.15, 0.2) is 36.7 Å². The Bertz CT molecular complexity index is 4190. The van der Waals surface area contributed by atoms with E-state index in [0.29, 0.717) is 73.7 Å². The molecule has 0 radical (unpaired) electrons. The van der Waals surface area contributed by atoms with Crippen LogP contribution in [0, 0.1) is 47.3 Å². The molecule has 8 saturated heterocycles. The quantitative estimate of drug-likeness (QED) is 0.0582. The Kier molecular flexibility index (Phi) is 33.4. The van der Waals surface area contributed by atoms with Gasteiger partial charge in [-0.15, -0.1) is 0 Å². The number of carbonyl (C=O) groups excluding carboxylic acids is 4. The Morgan fingerprint density at radius 3 is 1.23 bits per heavy atom. The zero-order chi connectivity index (χ0) is 93.2. The summed E-state index contributed by atoms with van der Waals surface area (Å²) >= 11 is 0. The Labute approximate surface area is 762 Å². The first-order chi connectivity index (χ1) is 61.2. The van der Waals surface area contributed by atoms with E-state index >= 15 is 0 Å². The maximum atomic E-state index is 14.4. The molecular weight excluding hydrogens is 1670 g/mol. The first-order valence-corrected chi connectivity index (χ1v) is 47.2. The van der Waals surface area contributed by atoms with E-state index in [1.54, 1.807) is 66.6 Å². The summed E-state index contributed by atoms with van der Waals surface area (Å²) in [6.45, 7) is 35.2. The minimum atomic E-state index is -1.84. The third-order valence-corrected chi connectivity index (χ3v) is 29.3. The van der Waals surface area contributed by atoms with Gasteiger partial charge in [-0.05, 0) is 126 Å². The van der Waals surface area contributed by atoms with E-state index in [0.717, 1.165) is 17.6 Å². The molecule has 0 aromatic carbocycles. The molecule has 2 spiro atoms. The van der Waals surface area contributed by atoms with E-state index in [4.69, 9.17) is 94.7 Å². The lowest BCUT2D eigenvalue weighted by molar-refractivity contribution is -0.311. The van der Waals surface area contributed by atoms with Crippen LogP contribution < -0.4 is 10.6 Å². The molecule has 12 heterocycles. The summed E-state index contributed by atoms with van der Waals surface area (Å²) in [4.78, 5) is 52.5. The van der Waals surface area contributed by atoms with Gasteiger partial charge >= 0.3 is 11.9 Å². The predicted octanol–water partition coefficient (Wildman–Crippen LogP) is 10.7. The van der Waals surface area contributed by atoms with Crippen LogP contribution in [0.4, 0.5) is 0 Å². The summed E-state index contributed by atoms with van der Waals surface area (Å²) < 4.78 is 129. The normalized spacial score (nSPS) is 47.0. The highest BCUT2D eigenvalue weighted by molar-refractivity contribution is 5.80. The highest BCUT2D eigenvalue weighted by Gasteiger charge is 2.63. The molecule has 2 amide bonds. The van der Waals surface area contributed by atoms with Gasteiger partial charge in [-0.3, -0.25) is 19.2 Å². The average molecular weight is 1810 g/mol. The monoisotopic (exact) mass is 1810 g/mol. The standard InChI is InChI=1S/C50H75NO14.C49H73NO14/c1-12-26(2)45-29(5)18-19-49(65-45)24-36-21-35(64-49)17-16-28(4)44(27(3)14-13-15-34-25-58-47-43(53)30(6)20-37(48(54)61-36)50(34,47)55)62-41-23-39(57-11)46(32(8)60-41)63-40-22-38(56-10)42(31(7)59-40)51-33(9)52;1-25(2)43-28(5)17-18-48(64-43)23-35-20-34(63-48)16-15-27(4)44(26(3)13-12-14-33-24-57-46-42(52)29(6)19-36(47(53)60-35)49(33,46)54)61-40-22-38(56-11)45(31(8)59-40)62-39-21-37(55-10)41(30(7)58-39)50-32(9)51/h13-16,18-20,26-27,29,31-32,35-47,53,55H,12,17,21-25H2,1-11H3,(H,51,52);12-15,17-19,25-26,28,30-31,34-46,52,54H,16,20-24H2,1-11H3,(H,50,51)/b14-13-,28-16-,34-15?;13-12+,27-15+,33-14+/t26-,27-,29-,31-,32-,35+,36-,37-,38-,39-,40-,41-,42+,43+,44-,45+,46-,47+,49+,50+;26-,28-,30-,31-,34+,35-,36-,37-,38-,39-,40-,41+,42+,43+,44-,45-,46+,48+,49+/m00/s1. The van der Waals surface area contributed by atoms with Crippen LogP contribution in [-0.2, 0) is 114 Å². The second kappa shape index (κ2) is 42.8. The number of esters is 2. The number of hydrogen-bond donors (Lipinski definition) is 6. The molecule has 6 N–H and O–H groups in total. The number of allylic oxidation sites excluding steroid dienone is 4. The van der Waals surface area contributed by atoms with Crippen molar-refractivity contribution < 1.29 is 134 Å². The molecule has 0 aromatic heterocycles. The molecule has 14 rings (SSSR count). The van der Waals surface area contributed by atoms with Crippen molar-refractivity contribution in [3.05, 3.63) is 119 Å². The summed E-state index contributed by atoms with van der Waals surface area (Å²) in [5, 5.41) is 53.4. The van der Waals surface area contributed by atoms with Gasteiger partial charge in [0, 0.05) is 117 Å². The summed E-state index contributed by atoms with van der Waals surface area (Å²) in [5.74, 6) is -5.56. The van der Waals surface area contributed by atoms with Crippen molar-refractivity contribution in [3.63, 3.8) is 0 Å². The lowest BCUT2D eigenvalue weighted by Gasteiger charge is -2.48. The number of carbonyl (C=O) groups is 4. The van der Waals surface area contributed by atoms with Crippen LogP contribution in [0.25, 0.3) is 0 Å². The smallest absolute Gasteiger partial charge is 0.316 e. The van der Waals surface area contributed by atoms with Gasteiger partial charge in [-0.1, -0.05) is 135 Å². The Balaban J connectivity index is 0.000000220. The van der Waals surface area contributed by atoms with E-state index in [9.17, 15) is 39.6 Å². The molecule has 2 aliphatic carbocycles. The fraction of sp³-hybridized carbons (Fsp3) is 0.758. The number of amides is 2. The van der Waals surface area contributed by atoms with Crippen LogP contribution in [0.5, 0.6) is 0 Å². The molecule has 30 heteroatoms. The van der Waals surface area contributed by atoms with E-state index in [1.807, 2.05) is 78.0 Å². The van der Waals surface area contributed by atoms with Crippen LogP contribution in [0.15, 0.2) is 119 Å². The topological polar surface area (TPSA) is 358 Å². The van der Waals surface area contributed by atoms with Gasteiger partial charge in [0.2, 0.25) is 11.8 Å². The number of ether oxygens (including phenoxy) is 20. The molecule has 14 aliphatic rings. The molecule has 129 heavy (non-hydrogen) atoms. The van der Waals surface area contributed by atoms with E-state index in [1.165, 1.54) is 13.8 Å². The first-order valence-electron chi connectivity index (χ1n) is 47.2. The van der Waals surface area contributed by atoms with Crippen molar-refractivity contribution >= 4 is 23.8 Å². The van der Waals surface area contributed by atoms with Gasteiger partial charge in [-0.25, -0.2) is 0 Å². The molecular formula is C99H148N2O28. The zero-order valence-electron chi connectivity index (χ0n) is 79.6. The highest BCUT2D eigenvalue weighted by Crippen LogP contribution is 2.51. The molecule has 8 fully saturated rings. The van der Waals surface area contributed by atoms with Gasteiger partial charge in [0.25, 0.3) is 0 Å². The van der Waals surface area contributed by atoms with Gasteiger partial charge in [0.1, 0.15) is 71.9 Å². The second-order valence-corrected chi connectivity index (χ2v) is 39.2. The predicted molar refractivity (Wildman–Crippen MR) is 473 cm³/mol. The minimum absolute atomic E-state index is 0.0266. The van der Waals surface area contributed by atoms with Crippen molar-refractivity contribution in [1.29, 1.82) is 0 Å². The third kappa shape index (κ3) is 22.2. The number of methoxy groups -OCH3 is 4. The third-order valence-electron chi connectivity index (χ3n) is 29.3. The largest absolute Gasteiger partial charge is 0.462 e. The van der Waals surface area contributed by atoms with Crippen molar-refractivity contribution in [2.24, 2.45) is 47.3 Å². The SMILES string of the molecule is CC[C@H](C)[C@H]1O[C@]2(C=C[C@@H]1C)C[C@@H]1C[C@@H](C/C=C(/C)[C@@H](O[C@H]3C[C@H](OC)[C@@H](O[C@H]4C[C@H](OC)[C@H](NC(C)=O)[C@H](C)O4)[C@H](C)O3)[C@@H](C)/C=C\C=C3CO[C@@H]4[C@H](O)C(C)=C[C@@H](C(=O)O1)[C@]34O)O2.CO[C@H]1C[C@H](O[C@H]2[C@H](C)O[C@@H](O[C@@H]3/C(C)=C/C[C@@H]4C[C@@H](C[C@]5(C=C[C@H](C)[C@@H](C(C)C)O5)O4)OC(=O)[C@@H]4C=C(C)[C@@H](O)[C@H]5OC/C(=C\C=C\[C@@H]3C)[C@]54O)C[C@@H]2OC)O[C@@H](C)[C@H]1NC(C)=O. The minimum Gasteiger partial charge on any atom is -0.462 e. The number of nitrogens with one attached hydrogen (secondary N) is 2. The van der Waals surface area contributed by atoms with Gasteiger partial charge < -0.3 is 126 Å². The van der Waals surface area contributed by atoms with E-state index in [2.05, 4.69) is 90.3 Å². The fourth-order valence-corrected chi connectivity index (χ4v) is 21.9. The number of hydrogen-bond acceptors (Lipinski definition) is 28. The summed E-state index contributed by atoms with van der Waals surface area (Å²) in [7, 11) is 6.54. The van der Waals surface area contributed by atoms with Crippen LogP contribution in [0.2, 0.25) is 0 Å². The molecule has 39 atom stereocenters. The molecule has 0 saturated carbocycles. The van der Waals surface area contributed by atoms with E-state index < -0.39 is 169 Å². The molecule has 0 unspecified atom stereocenters. The summed E-state index contributed by atoms with van der Waals surface area (Å²) in [6.07, 6.45) is 17.9.